The van der Waals surface area contributed by atoms with E-state index in [1.54, 1.807) is 0 Å². The van der Waals surface area contributed by atoms with Crippen molar-refractivity contribution in [2.75, 3.05) is 39.4 Å². The molecule has 1 aromatic carbocycles. The molecule has 0 bridgehead atoms. The molecule has 2 aliphatic heterocycles. The van der Waals surface area contributed by atoms with Gasteiger partial charge in [-0.2, -0.15) is 0 Å². The molecule has 1 aromatic heterocycles. The van der Waals surface area contributed by atoms with Crippen LogP contribution < -0.4 is 0 Å². The van der Waals surface area contributed by atoms with E-state index >= 15 is 0 Å². The molecule has 2 aromatic rings. The fourth-order valence-electron chi connectivity index (χ4n) is 3.99. The Kier molecular flexibility index (Phi) is 5.37. The number of piperidine rings is 1. The molecule has 2 saturated heterocycles. The van der Waals surface area contributed by atoms with Crippen molar-refractivity contribution in [3.05, 3.63) is 59.4 Å². The first-order valence-electron chi connectivity index (χ1n) is 9.61. The van der Waals surface area contributed by atoms with Gasteiger partial charge in [0.1, 0.15) is 0 Å². The molecule has 2 aliphatic rings. The van der Waals surface area contributed by atoms with Gasteiger partial charge in [-0.25, -0.2) is 0 Å². The van der Waals surface area contributed by atoms with Crippen molar-refractivity contribution in [3.63, 3.8) is 0 Å². The Morgan fingerprint density at radius 3 is 2.62 bits per heavy atom. The minimum absolute atomic E-state index is 0.166. The predicted molar refractivity (Wildman–Crippen MR) is 101 cm³/mol. The zero-order valence-corrected chi connectivity index (χ0v) is 15.2. The minimum Gasteiger partial charge on any atom is -0.379 e. The number of H-pyrrole nitrogens is 1. The fourth-order valence-corrected chi connectivity index (χ4v) is 3.99. The quantitative estimate of drug-likeness (QED) is 0.919. The highest BCUT2D eigenvalue weighted by molar-refractivity contribution is 5.94. The van der Waals surface area contributed by atoms with Gasteiger partial charge in [-0.3, -0.25) is 9.69 Å². The number of aromatic amines is 1. The van der Waals surface area contributed by atoms with Crippen molar-refractivity contribution >= 4 is 5.91 Å². The van der Waals surface area contributed by atoms with Crippen LogP contribution in [-0.2, 0) is 11.3 Å². The molecule has 26 heavy (non-hydrogen) atoms. The van der Waals surface area contributed by atoms with Crippen molar-refractivity contribution in [3.8, 4) is 0 Å². The van der Waals surface area contributed by atoms with Gasteiger partial charge in [0.15, 0.2) is 0 Å². The Bertz CT molecular complexity index is 715. The zero-order chi connectivity index (χ0) is 17.8. The second-order valence-electron chi connectivity index (χ2n) is 7.28. The van der Waals surface area contributed by atoms with Crippen molar-refractivity contribution in [2.24, 2.45) is 0 Å². The molecule has 1 amide bonds. The molecule has 0 radical (unpaired) electrons. The highest BCUT2D eigenvalue weighted by Crippen LogP contribution is 2.27. The topological polar surface area (TPSA) is 48.6 Å². The van der Waals surface area contributed by atoms with E-state index in [1.165, 1.54) is 11.3 Å². The Morgan fingerprint density at radius 2 is 1.88 bits per heavy atom. The summed E-state index contributed by atoms with van der Waals surface area (Å²) in [6.07, 6.45) is 4.03. The molecule has 1 N–H and O–H groups in total. The molecule has 0 unspecified atom stereocenters. The third-order valence-corrected chi connectivity index (χ3v) is 5.53. The first-order chi connectivity index (χ1) is 12.8. The third-order valence-electron chi connectivity index (χ3n) is 5.53. The average molecular weight is 353 g/mol. The van der Waals surface area contributed by atoms with Gasteiger partial charge in [0, 0.05) is 56.1 Å². The van der Waals surface area contributed by atoms with E-state index in [0.29, 0.717) is 5.92 Å². The first-order valence-corrected chi connectivity index (χ1v) is 9.61. The average Bonchev–Trinajstić information content (AvgIpc) is 3.23. The van der Waals surface area contributed by atoms with E-state index in [-0.39, 0.29) is 5.91 Å². The van der Waals surface area contributed by atoms with Crippen molar-refractivity contribution in [2.45, 2.75) is 25.3 Å². The molecule has 138 valence electrons. The number of amides is 1. The van der Waals surface area contributed by atoms with Gasteiger partial charge in [-0.1, -0.05) is 12.1 Å². The number of ether oxygens (including phenoxy) is 1. The Morgan fingerprint density at radius 1 is 1.08 bits per heavy atom. The maximum absolute atomic E-state index is 12.9. The number of carbonyl (C=O) groups excluding carboxylic acids is 1. The predicted octanol–water partition coefficient (Wildman–Crippen LogP) is 2.87. The van der Waals surface area contributed by atoms with Crippen LogP contribution in [0.4, 0.5) is 0 Å². The summed E-state index contributed by atoms with van der Waals surface area (Å²) in [6.45, 7) is 6.07. The molecule has 0 aliphatic carbocycles. The number of aromatic nitrogens is 1. The van der Waals surface area contributed by atoms with E-state index in [1.807, 2.05) is 29.3 Å². The molecule has 2 fully saturated rings. The molecule has 5 heteroatoms. The number of nitrogens with zero attached hydrogens (tertiary/aromatic N) is 2. The van der Waals surface area contributed by atoms with Crippen molar-refractivity contribution in [1.82, 2.24) is 14.8 Å². The Labute approximate surface area is 154 Å². The van der Waals surface area contributed by atoms with Crippen LogP contribution in [0.3, 0.4) is 0 Å². The third kappa shape index (κ3) is 4.00. The molecule has 0 spiro atoms. The van der Waals surface area contributed by atoms with Gasteiger partial charge >= 0.3 is 0 Å². The van der Waals surface area contributed by atoms with Crippen LogP contribution in [0.2, 0.25) is 0 Å². The summed E-state index contributed by atoms with van der Waals surface area (Å²) >= 11 is 0. The van der Waals surface area contributed by atoms with Gasteiger partial charge in [0.25, 0.3) is 5.91 Å². The summed E-state index contributed by atoms with van der Waals surface area (Å²) in [5.74, 6) is 0.709. The summed E-state index contributed by atoms with van der Waals surface area (Å²) in [6, 6.07) is 12.3. The second kappa shape index (κ2) is 8.06. The maximum Gasteiger partial charge on any atom is 0.253 e. The molecule has 4 rings (SSSR count). The monoisotopic (exact) mass is 353 g/mol. The summed E-state index contributed by atoms with van der Waals surface area (Å²) in [5, 5.41) is 0. The number of morpholine rings is 1. The van der Waals surface area contributed by atoms with E-state index in [9.17, 15) is 4.79 Å². The van der Waals surface area contributed by atoms with Gasteiger partial charge in [0.2, 0.25) is 0 Å². The number of carbonyl (C=O) groups is 1. The van der Waals surface area contributed by atoms with E-state index < -0.39 is 0 Å². The van der Waals surface area contributed by atoms with Crippen molar-refractivity contribution < 1.29 is 9.53 Å². The van der Waals surface area contributed by atoms with Gasteiger partial charge in [0.05, 0.1) is 13.2 Å². The normalized spacial score (nSPS) is 19.6. The zero-order valence-electron chi connectivity index (χ0n) is 15.2. The maximum atomic E-state index is 12.9. The van der Waals surface area contributed by atoms with Crippen LogP contribution in [-0.4, -0.2) is 60.1 Å². The number of likely N-dealkylation sites (tertiary alicyclic amines) is 1. The lowest BCUT2D eigenvalue weighted by Gasteiger charge is -2.32. The van der Waals surface area contributed by atoms with Gasteiger partial charge < -0.3 is 14.6 Å². The smallest absolute Gasteiger partial charge is 0.253 e. The molecule has 3 heterocycles. The van der Waals surface area contributed by atoms with Gasteiger partial charge in [-0.05, 0) is 42.7 Å². The van der Waals surface area contributed by atoms with Crippen LogP contribution in [0.25, 0.3) is 0 Å². The van der Waals surface area contributed by atoms with Crippen LogP contribution in [0, 0.1) is 0 Å². The van der Waals surface area contributed by atoms with Crippen LogP contribution in [0.15, 0.2) is 42.6 Å². The molecule has 0 atom stereocenters. The van der Waals surface area contributed by atoms with Crippen molar-refractivity contribution in [1.29, 1.82) is 0 Å². The number of nitrogens with one attached hydrogen (secondary N) is 1. The number of rotatable bonds is 4. The van der Waals surface area contributed by atoms with E-state index in [2.05, 4.69) is 28.1 Å². The molecular formula is C21H27N3O2. The first kappa shape index (κ1) is 17.3. The molecule has 0 saturated carbocycles. The molecule has 5 nitrogen and oxygen atoms in total. The Hall–Kier alpha value is -2.11. The number of hydrogen-bond donors (Lipinski definition) is 1. The second-order valence-corrected chi connectivity index (χ2v) is 7.28. The summed E-state index contributed by atoms with van der Waals surface area (Å²) in [7, 11) is 0. The Balaban J connectivity index is 1.36. The standard InChI is InChI=1S/C21H27N3O2/c25-21(24-9-6-18(7-10-24)20-5-2-8-22-20)19-4-1-3-17(15-19)16-23-11-13-26-14-12-23/h1-5,8,15,18,22H,6-7,9-14,16H2. The lowest BCUT2D eigenvalue weighted by Crippen LogP contribution is -2.38. The SMILES string of the molecule is O=C(c1cccc(CN2CCOCC2)c1)N1CCC(c2ccc[nH]2)CC1. The van der Waals surface area contributed by atoms with Crippen LogP contribution in [0.1, 0.15) is 40.4 Å². The lowest BCUT2D eigenvalue weighted by atomic mass is 9.93. The minimum atomic E-state index is 0.166. The van der Waals surface area contributed by atoms with Crippen LogP contribution in [0.5, 0.6) is 0 Å². The highest BCUT2D eigenvalue weighted by Gasteiger charge is 2.25. The molecular weight excluding hydrogens is 326 g/mol. The van der Waals surface area contributed by atoms with E-state index in [0.717, 1.165) is 64.3 Å². The van der Waals surface area contributed by atoms with E-state index in [4.69, 9.17) is 4.74 Å². The fraction of sp³-hybridized carbons (Fsp3) is 0.476. The lowest BCUT2D eigenvalue weighted by molar-refractivity contribution is 0.0341. The van der Waals surface area contributed by atoms with Gasteiger partial charge in [-0.15, -0.1) is 0 Å². The summed E-state index contributed by atoms with van der Waals surface area (Å²) in [4.78, 5) is 20.6. The largest absolute Gasteiger partial charge is 0.379 e. The number of hydrogen-bond acceptors (Lipinski definition) is 3. The van der Waals surface area contributed by atoms with Crippen LogP contribution >= 0.6 is 0 Å². The summed E-state index contributed by atoms with van der Waals surface area (Å²) < 4.78 is 5.41. The highest BCUT2D eigenvalue weighted by atomic mass is 16.5. The summed E-state index contributed by atoms with van der Waals surface area (Å²) in [5.41, 5.74) is 3.32. The number of benzene rings is 1.